The van der Waals surface area contributed by atoms with E-state index in [1.54, 1.807) is 31.4 Å². The monoisotopic (exact) mass is 362 g/mol. The highest BCUT2D eigenvalue weighted by Gasteiger charge is 2.15. The molecule has 0 radical (unpaired) electrons. The summed E-state index contributed by atoms with van der Waals surface area (Å²) in [4.78, 5) is 23.6. The minimum Gasteiger partial charge on any atom is -0.497 e. The number of hydrogen-bond acceptors (Lipinski definition) is 5. The van der Waals surface area contributed by atoms with Crippen LogP contribution in [0.5, 0.6) is 17.2 Å². The molecule has 2 rings (SSSR count). The summed E-state index contributed by atoms with van der Waals surface area (Å²) in [7, 11) is 1.55. The molecular weight excluding hydrogens is 343 g/mol. The van der Waals surface area contributed by atoms with Gasteiger partial charge in [0.05, 0.1) is 7.11 Å². The first-order chi connectivity index (χ1) is 12.5. The van der Waals surface area contributed by atoms with Gasteiger partial charge in [0.1, 0.15) is 23.1 Å². The Morgan fingerprint density at radius 1 is 0.962 bits per heavy atom. The fourth-order valence-corrected chi connectivity index (χ4v) is 1.86. The first-order valence-corrected chi connectivity index (χ1v) is 7.75. The molecule has 8 heteroatoms. The molecule has 0 aromatic heterocycles. The van der Waals surface area contributed by atoms with Gasteiger partial charge in [0.25, 0.3) is 11.8 Å². The van der Waals surface area contributed by atoms with E-state index in [-0.39, 0.29) is 6.61 Å². The van der Waals surface area contributed by atoms with Crippen molar-refractivity contribution in [2.24, 2.45) is 0 Å². The molecule has 1 atom stereocenters. The molecule has 2 amide bonds. The van der Waals surface area contributed by atoms with Crippen LogP contribution < -0.4 is 25.1 Å². The third kappa shape index (κ3) is 5.97. The van der Waals surface area contributed by atoms with Gasteiger partial charge in [0.2, 0.25) is 0 Å². The third-order valence-corrected chi connectivity index (χ3v) is 3.25. The largest absolute Gasteiger partial charge is 0.497 e. The molecule has 0 aliphatic rings. The number of benzene rings is 2. The van der Waals surface area contributed by atoms with E-state index < -0.39 is 23.7 Å². The number of nitrogens with one attached hydrogen (secondary N) is 2. The van der Waals surface area contributed by atoms with Gasteiger partial charge in [-0.25, -0.2) is 4.39 Å². The number of carbonyl (C=O) groups is 2. The number of rotatable bonds is 7. The quantitative estimate of drug-likeness (QED) is 0.734. The average Bonchev–Trinajstić information content (AvgIpc) is 2.66. The molecule has 1 unspecified atom stereocenters. The van der Waals surface area contributed by atoms with Crippen molar-refractivity contribution < 1.29 is 28.2 Å². The summed E-state index contributed by atoms with van der Waals surface area (Å²) in [5, 5.41) is 0. The van der Waals surface area contributed by atoms with E-state index in [1.165, 1.54) is 31.2 Å². The van der Waals surface area contributed by atoms with E-state index in [9.17, 15) is 14.0 Å². The van der Waals surface area contributed by atoms with Crippen molar-refractivity contribution in [3.05, 3.63) is 54.3 Å². The van der Waals surface area contributed by atoms with Gasteiger partial charge in [0, 0.05) is 0 Å². The molecule has 0 aliphatic carbocycles. The van der Waals surface area contributed by atoms with Crippen LogP contribution in [0.15, 0.2) is 48.5 Å². The predicted molar refractivity (Wildman–Crippen MR) is 91.3 cm³/mol. The number of hydrazine groups is 1. The summed E-state index contributed by atoms with van der Waals surface area (Å²) in [6.07, 6.45) is -0.886. The smallest absolute Gasteiger partial charge is 0.279 e. The minimum absolute atomic E-state index is 0.278. The Hall–Kier alpha value is -3.29. The van der Waals surface area contributed by atoms with Crippen LogP contribution in [0.3, 0.4) is 0 Å². The molecule has 0 bridgehead atoms. The number of halogens is 1. The van der Waals surface area contributed by atoms with Crippen LogP contribution in [0, 0.1) is 5.82 Å². The van der Waals surface area contributed by atoms with Crippen LogP contribution >= 0.6 is 0 Å². The van der Waals surface area contributed by atoms with Crippen molar-refractivity contribution in [3.8, 4) is 17.2 Å². The van der Waals surface area contributed by atoms with Gasteiger partial charge < -0.3 is 14.2 Å². The van der Waals surface area contributed by atoms with Crippen LogP contribution in [0.25, 0.3) is 0 Å². The SMILES string of the molecule is COc1ccc(OCC(=O)NNC(=O)C(C)Oc2ccc(F)cc2)cc1. The molecule has 2 aromatic carbocycles. The molecule has 0 aliphatic heterocycles. The second-order valence-corrected chi connectivity index (χ2v) is 5.22. The Morgan fingerprint density at radius 2 is 1.54 bits per heavy atom. The summed E-state index contributed by atoms with van der Waals surface area (Å²) in [5.41, 5.74) is 4.45. The number of methoxy groups -OCH3 is 1. The fraction of sp³-hybridized carbons (Fsp3) is 0.222. The molecule has 26 heavy (non-hydrogen) atoms. The van der Waals surface area contributed by atoms with Crippen molar-refractivity contribution in [3.63, 3.8) is 0 Å². The zero-order valence-corrected chi connectivity index (χ0v) is 14.3. The van der Waals surface area contributed by atoms with E-state index in [0.717, 1.165) is 0 Å². The van der Waals surface area contributed by atoms with Crippen molar-refractivity contribution in [2.45, 2.75) is 13.0 Å². The lowest BCUT2D eigenvalue weighted by Gasteiger charge is -2.15. The highest BCUT2D eigenvalue weighted by atomic mass is 19.1. The van der Waals surface area contributed by atoms with Crippen molar-refractivity contribution in [2.75, 3.05) is 13.7 Å². The molecule has 0 saturated heterocycles. The Kier molecular flexibility index (Phi) is 6.78. The topological polar surface area (TPSA) is 85.9 Å². The Balaban J connectivity index is 1.71. The van der Waals surface area contributed by atoms with Gasteiger partial charge in [-0.15, -0.1) is 0 Å². The van der Waals surface area contributed by atoms with Gasteiger partial charge in [-0.05, 0) is 55.5 Å². The third-order valence-electron chi connectivity index (χ3n) is 3.25. The molecule has 2 N–H and O–H groups in total. The van der Waals surface area contributed by atoms with Gasteiger partial charge in [0.15, 0.2) is 12.7 Å². The summed E-state index contributed by atoms with van der Waals surface area (Å²) in [6.45, 7) is 1.22. The highest BCUT2D eigenvalue weighted by Crippen LogP contribution is 2.16. The van der Waals surface area contributed by atoms with E-state index in [4.69, 9.17) is 14.2 Å². The van der Waals surface area contributed by atoms with Gasteiger partial charge in [-0.1, -0.05) is 0 Å². The Labute approximate surface area is 150 Å². The number of ether oxygens (including phenoxy) is 3. The van der Waals surface area contributed by atoms with Crippen LogP contribution in [0.2, 0.25) is 0 Å². The predicted octanol–water partition coefficient (Wildman–Crippen LogP) is 1.83. The van der Waals surface area contributed by atoms with Crippen LogP contribution in [0.4, 0.5) is 4.39 Å². The Bertz CT molecular complexity index is 734. The maximum absolute atomic E-state index is 12.8. The molecule has 0 heterocycles. The maximum atomic E-state index is 12.8. The molecular formula is C18H19FN2O5. The maximum Gasteiger partial charge on any atom is 0.279 e. The van der Waals surface area contributed by atoms with E-state index in [2.05, 4.69) is 10.9 Å². The molecule has 138 valence electrons. The van der Waals surface area contributed by atoms with Crippen LogP contribution in [-0.4, -0.2) is 31.6 Å². The average molecular weight is 362 g/mol. The van der Waals surface area contributed by atoms with Crippen LogP contribution in [0.1, 0.15) is 6.92 Å². The highest BCUT2D eigenvalue weighted by molar-refractivity contribution is 5.85. The Morgan fingerprint density at radius 3 is 2.15 bits per heavy atom. The van der Waals surface area contributed by atoms with Crippen LogP contribution in [-0.2, 0) is 9.59 Å². The van der Waals surface area contributed by atoms with Gasteiger partial charge in [-0.2, -0.15) is 0 Å². The number of carbonyl (C=O) groups excluding carboxylic acids is 2. The molecule has 0 fully saturated rings. The van der Waals surface area contributed by atoms with E-state index >= 15 is 0 Å². The first kappa shape index (κ1) is 19.0. The zero-order chi connectivity index (χ0) is 18.9. The lowest BCUT2D eigenvalue weighted by molar-refractivity contribution is -0.133. The lowest BCUT2D eigenvalue weighted by atomic mass is 10.3. The lowest BCUT2D eigenvalue weighted by Crippen LogP contribution is -2.48. The number of amides is 2. The summed E-state index contributed by atoms with van der Waals surface area (Å²) in [5.74, 6) is -0.0124. The molecule has 2 aromatic rings. The van der Waals surface area contributed by atoms with Crippen molar-refractivity contribution in [1.82, 2.24) is 10.9 Å². The van der Waals surface area contributed by atoms with Gasteiger partial charge in [-0.3, -0.25) is 20.4 Å². The van der Waals surface area contributed by atoms with E-state index in [1.807, 2.05) is 0 Å². The number of hydrogen-bond donors (Lipinski definition) is 2. The second kappa shape index (κ2) is 9.26. The zero-order valence-electron chi connectivity index (χ0n) is 14.3. The van der Waals surface area contributed by atoms with Crippen molar-refractivity contribution >= 4 is 11.8 Å². The normalized spacial score (nSPS) is 11.2. The molecule has 0 saturated carbocycles. The first-order valence-electron chi connectivity index (χ1n) is 7.75. The van der Waals surface area contributed by atoms with Crippen molar-refractivity contribution in [1.29, 1.82) is 0 Å². The standard InChI is InChI=1S/C18H19FN2O5/c1-12(26-16-5-3-13(19)4-6-16)18(23)21-20-17(22)11-25-15-9-7-14(24-2)8-10-15/h3-10,12H,11H2,1-2H3,(H,20,22)(H,21,23). The summed E-state index contributed by atoms with van der Waals surface area (Å²) < 4.78 is 28.5. The molecule has 7 nitrogen and oxygen atoms in total. The van der Waals surface area contributed by atoms with Gasteiger partial charge >= 0.3 is 0 Å². The second-order valence-electron chi connectivity index (χ2n) is 5.22. The summed E-state index contributed by atoms with van der Waals surface area (Å²) >= 11 is 0. The minimum atomic E-state index is -0.886. The summed E-state index contributed by atoms with van der Waals surface area (Å²) in [6, 6.07) is 12.0. The molecule has 0 spiro atoms. The fourth-order valence-electron chi connectivity index (χ4n) is 1.86. The van der Waals surface area contributed by atoms with E-state index in [0.29, 0.717) is 17.2 Å².